The van der Waals surface area contributed by atoms with E-state index in [1.807, 2.05) is 0 Å². The number of hydrogen-bond donors (Lipinski definition) is 2. The van der Waals surface area contributed by atoms with Crippen LogP contribution in [0.3, 0.4) is 0 Å². The Morgan fingerprint density at radius 3 is 1.41 bits per heavy atom. The lowest BCUT2D eigenvalue weighted by molar-refractivity contribution is 0.482. The van der Waals surface area contributed by atoms with E-state index in [4.69, 9.17) is 9.11 Å². The van der Waals surface area contributed by atoms with Crippen molar-refractivity contribution in [1.82, 2.24) is 0 Å². The fourth-order valence-electron chi connectivity index (χ4n) is 0.521. The minimum Gasteiger partial charge on any atom is -0.284 e. The highest BCUT2D eigenvalue weighted by atomic mass is 32.3. The summed E-state index contributed by atoms with van der Waals surface area (Å²) in [6.45, 7) is 6.31. The topological polar surface area (TPSA) is 118 Å². The van der Waals surface area contributed by atoms with Crippen LogP contribution in [0.4, 0.5) is 0 Å². The molecule has 0 spiro atoms. The maximum atomic E-state index is 10.7. The van der Waals surface area contributed by atoms with E-state index < -0.39 is 29.4 Å². The quantitative estimate of drug-likeness (QED) is 0.384. The molecule has 0 saturated heterocycles. The van der Waals surface area contributed by atoms with Crippen molar-refractivity contribution in [2.75, 3.05) is 0 Å². The largest absolute Gasteiger partial charge is 0.284 e. The lowest BCUT2D eigenvalue weighted by Gasteiger charge is -2.10. The van der Waals surface area contributed by atoms with E-state index in [1.54, 1.807) is 0 Å². The van der Waals surface area contributed by atoms with Crippen LogP contribution >= 0.6 is 24.1 Å². The molecule has 0 rings (SSSR count). The minimum absolute atomic E-state index is 0.272. The van der Waals surface area contributed by atoms with Gasteiger partial charge in [0.2, 0.25) is 0 Å². The first kappa shape index (κ1) is 17.0. The van der Waals surface area contributed by atoms with E-state index in [-0.39, 0.29) is 24.1 Å². The molecule has 0 aromatic rings. The Bertz CT molecular complexity index is 421. The van der Waals surface area contributed by atoms with Gasteiger partial charge < -0.3 is 0 Å². The summed E-state index contributed by atoms with van der Waals surface area (Å²) in [4.78, 5) is 0. The van der Waals surface area contributed by atoms with Crippen LogP contribution < -0.4 is 0 Å². The standard InChI is InChI=1S/C6H10O7S4/c1-3-5(16(7,8)9)14-13-15-6(4-2)17(10,11)12/h3-6H,1-2H2,(H,7,8,9)(H,10,11,12). The van der Waals surface area contributed by atoms with Gasteiger partial charge in [-0.05, 0) is 0 Å². The summed E-state index contributed by atoms with van der Waals surface area (Å²) in [6, 6.07) is 0. The summed E-state index contributed by atoms with van der Waals surface area (Å²) < 4.78 is 61.8. The van der Waals surface area contributed by atoms with Gasteiger partial charge in [0.15, 0.2) is 9.16 Å². The van der Waals surface area contributed by atoms with Gasteiger partial charge in [-0.2, -0.15) is 16.8 Å². The first-order chi connectivity index (χ1) is 7.62. The summed E-state index contributed by atoms with van der Waals surface area (Å²) >= 11 is 0.544. The maximum absolute atomic E-state index is 10.7. The van der Waals surface area contributed by atoms with E-state index in [9.17, 15) is 16.8 Å². The molecule has 0 aromatic heterocycles. The van der Waals surface area contributed by atoms with E-state index in [0.29, 0.717) is 0 Å². The summed E-state index contributed by atoms with van der Waals surface area (Å²) in [5.74, 6) is 0. The smallest absolute Gasteiger partial charge is 0.283 e. The lowest BCUT2D eigenvalue weighted by Crippen LogP contribution is -2.16. The summed E-state index contributed by atoms with van der Waals surface area (Å²) in [5, 5.41) is 0. The van der Waals surface area contributed by atoms with Crippen LogP contribution in [-0.2, 0) is 23.9 Å². The highest BCUT2D eigenvalue weighted by Crippen LogP contribution is 2.29. The molecule has 0 aliphatic carbocycles. The summed E-state index contributed by atoms with van der Waals surface area (Å²) in [7, 11) is -8.77. The van der Waals surface area contributed by atoms with E-state index in [0.717, 1.165) is 12.2 Å². The molecular formula is C6H10O7S4. The van der Waals surface area contributed by atoms with Gasteiger partial charge in [-0.1, -0.05) is 12.2 Å². The zero-order chi connectivity index (χ0) is 13.7. The second kappa shape index (κ2) is 6.78. The third-order valence-corrected chi connectivity index (χ3v) is 6.12. The van der Waals surface area contributed by atoms with E-state index in [1.165, 1.54) is 0 Å². The van der Waals surface area contributed by atoms with Crippen LogP contribution in [0.25, 0.3) is 0 Å². The molecule has 0 saturated carbocycles. The van der Waals surface area contributed by atoms with Crippen molar-refractivity contribution in [3.05, 3.63) is 25.3 Å². The van der Waals surface area contributed by atoms with Crippen LogP contribution in [-0.4, -0.2) is 35.1 Å². The Labute approximate surface area is 108 Å². The molecule has 2 N–H and O–H groups in total. The van der Waals surface area contributed by atoms with Gasteiger partial charge in [0, 0.05) is 24.1 Å². The predicted octanol–water partition coefficient (Wildman–Crippen LogP) is 1.10. The molecule has 17 heavy (non-hydrogen) atoms. The monoisotopic (exact) mass is 322 g/mol. The first-order valence-electron chi connectivity index (χ1n) is 3.79. The summed E-state index contributed by atoms with van der Waals surface area (Å²) in [5.41, 5.74) is 0. The molecule has 0 bridgehead atoms. The summed E-state index contributed by atoms with van der Waals surface area (Å²) in [6.07, 6.45) is 1.80. The lowest BCUT2D eigenvalue weighted by atomic mass is 10.8. The van der Waals surface area contributed by atoms with Crippen LogP contribution in [0.2, 0.25) is 0 Å². The molecule has 0 aliphatic heterocycles. The Morgan fingerprint density at radius 2 is 1.24 bits per heavy atom. The van der Waals surface area contributed by atoms with Gasteiger partial charge in [0.1, 0.15) is 0 Å². The molecule has 7 nitrogen and oxygen atoms in total. The van der Waals surface area contributed by atoms with Crippen molar-refractivity contribution in [2.24, 2.45) is 0 Å². The third-order valence-electron chi connectivity index (χ3n) is 1.24. The molecule has 0 aromatic carbocycles. The molecule has 2 unspecified atom stereocenters. The molecular weight excluding hydrogens is 312 g/mol. The van der Waals surface area contributed by atoms with Gasteiger partial charge in [-0.15, -0.1) is 13.2 Å². The van der Waals surface area contributed by atoms with Crippen molar-refractivity contribution in [3.8, 4) is 0 Å². The molecule has 0 amide bonds. The molecule has 0 radical (unpaired) electrons. The fourth-order valence-corrected chi connectivity index (χ4v) is 3.34. The van der Waals surface area contributed by atoms with Crippen LogP contribution in [0.5, 0.6) is 0 Å². The Kier molecular flexibility index (Phi) is 6.76. The first-order valence-corrected chi connectivity index (χ1v) is 8.41. The van der Waals surface area contributed by atoms with E-state index >= 15 is 0 Å². The highest BCUT2D eigenvalue weighted by molar-refractivity contribution is 8.18. The SMILES string of the molecule is C=CC(SOSC(C=C)S(=O)(=O)O)S(=O)(=O)O. The molecule has 11 heteroatoms. The van der Waals surface area contributed by atoms with Crippen LogP contribution in [0.15, 0.2) is 25.3 Å². The minimum atomic E-state index is -4.39. The molecule has 0 heterocycles. The Hall–Kier alpha value is -0.0400. The normalized spacial score (nSPS) is 16.1. The zero-order valence-corrected chi connectivity index (χ0v) is 11.6. The van der Waals surface area contributed by atoms with E-state index in [2.05, 4.69) is 16.8 Å². The number of hydrogen-bond acceptors (Lipinski definition) is 7. The van der Waals surface area contributed by atoms with Crippen molar-refractivity contribution < 1.29 is 29.6 Å². The highest BCUT2D eigenvalue weighted by Gasteiger charge is 2.25. The van der Waals surface area contributed by atoms with Gasteiger partial charge in [-0.25, -0.2) is 3.63 Å². The van der Waals surface area contributed by atoms with Gasteiger partial charge >= 0.3 is 0 Å². The molecule has 2 atom stereocenters. The average molecular weight is 322 g/mol. The van der Waals surface area contributed by atoms with Crippen molar-refractivity contribution in [3.63, 3.8) is 0 Å². The van der Waals surface area contributed by atoms with Crippen LogP contribution in [0.1, 0.15) is 0 Å². The van der Waals surface area contributed by atoms with Crippen molar-refractivity contribution in [1.29, 1.82) is 0 Å². The predicted molar refractivity (Wildman–Crippen MR) is 67.3 cm³/mol. The number of rotatable bonds is 8. The van der Waals surface area contributed by atoms with Gasteiger partial charge in [0.25, 0.3) is 20.2 Å². The average Bonchev–Trinajstić information content (AvgIpc) is 2.13. The molecule has 0 fully saturated rings. The zero-order valence-electron chi connectivity index (χ0n) is 8.29. The Balaban J connectivity index is 4.41. The van der Waals surface area contributed by atoms with Crippen LogP contribution in [0, 0.1) is 0 Å². The van der Waals surface area contributed by atoms with Gasteiger partial charge in [0.05, 0.1) is 0 Å². The van der Waals surface area contributed by atoms with Gasteiger partial charge in [-0.3, -0.25) is 9.11 Å². The second-order valence-electron chi connectivity index (χ2n) is 2.50. The maximum Gasteiger partial charge on any atom is 0.283 e. The molecule has 0 aliphatic rings. The van der Waals surface area contributed by atoms with Crippen molar-refractivity contribution >= 4 is 44.3 Å². The van der Waals surface area contributed by atoms with Crippen molar-refractivity contribution in [2.45, 2.75) is 9.16 Å². The molecule has 100 valence electrons. The second-order valence-corrected chi connectivity index (χ2v) is 8.12. The third kappa shape index (κ3) is 6.45. The Morgan fingerprint density at radius 1 is 0.941 bits per heavy atom. The fraction of sp³-hybridized carbons (Fsp3) is 0.333.